The highest BCUT2D eigenvalue weighted by Gasteiger charge is 2.23. The molecule has 0 aliphatic heterocycles. The summed E-state index contributed by atoms with van der Waals surface area (Å²) < 4.78 is 25.7. The number of rotatable bonds is 5. The van der Waals surface area contributed by atoms with Gasteiger partial charge in [-0.05, 0) is 19.1 Å². The van der Waals surface area contributed by atoms with Crippen molar-refractivity contribution in [2.75, 3.05) is 19.3 Å². The Bertz CT molecular complexity index is 914. The van der Waals surface area contributed by atoms with Gasteiger partial charge in [0.05, 0.1) is 11.4 Å². The molecule has 138 valence electrons. The summed E-state index contributed by atoms with van der Waals surface area (Å²) in [5.74, 6) is -1.61. The van der Waals surface area contributed by atoms with Crippen LogP contribution in [0, 0.1) is 6.92 Å². The predicted molar refractivity (Wildman–Crippen MR) is 93.0 cm³/mol. The van der Waals surface area contributed by atoms with Crippen molar-refractivity contribution in [3.63, 3.8) is 0 Å². The standard InChI is InChI=1S/C15H18N6O4S/c1-10-3-5-11(6-4-10)26(24,25)21(2)9-12(22)19-20-15(23)13-14(16)18-8-7-17-13/h3-8H,9H2,1-2H3,(H2,16,18)(H,19,22)(H,20,23). The summed E-state index contributed by atoms with van der Waals surface area (Å²) in [5.41, 5.74) is 10.5. The number of sulfonamides is 1. The Morgan fingerprint density at radius 1 is 1.12 bits per heavy atom. The zero-order valence-corrected chi connectivity index (χ0v) is 14.9. The molecule has 0 fully saturated rings. The van der Waals surface area contributed by atoms with Gasteiger partial charge in [-0.15, -0.1) is 0 Å². The number of likely N-dealkylation sites (N-methyl/N-ethyl adjacent to an activating group) is 1. The number of benzene rings is 1. The minimum absolute atomic E-state index is 0.0646. The van der Waals surface area contributed by atoms with Crippen LogP contribution in [0.4, 0.5) is 5.82 Å². The van der Waals surface area contributed by atoms with Crippen molar-refractivity contribution >= 4 is 27.7 Å². The highest BCUT2D eigenvalue weighted by molar-refractivity contribution is 7.89. The van der Waals surface area contributed by atoms with Crippen LogP contribution >= 0.6 is 0 Å². The Morgan fingerprint density at radius 3 is 2.35 bits per heavy atom. The van der Waals surface area contributed by atoms with Crippen LogP contribution < -0.4 is 16.6 Å². The van der Waals surface area contributed by atoms with Crippen LogP contribution in [0.25, 0.3) is 0 Å². The van der Waals surface area contributed by atoms with Crippen molar-refractivity contribution in [2.45, 2.75) is 11.8 Å². The quantitative estimate of drug-likeness (QED) is 0.591. The maximum Gasteiger partial charge on any atom is 0.292 e. The first kappa shape index (κ1) is 19.3. The van der Waals surface area contributed by atoms with Gasteiger partial charge in [-0.2, -0.15) is 4.31 Å². The Hall–Kier alpha value is -3.05. The number of amides is 2. The lowest BCUT2D eigenvalue weighted by molar-refractivity contribution is -0.121. The molecule has 0 aliphatic carbocycles. The van der Waals surface area contributed by atoms with E-state index < -0.39 is 28.4 Å². The number of carbonyl (C=O) groups excluding carboxylic acids is 2. The lowest BCUT2D eigenvalue weighted by Crippen LogP contribution is -2.47. The Morgan fingerprint density at radius 2 is 1.73 bits per heavy atom. The number of anilines is 1. The Balaban J connectivity index is 1.95. The molecule has 4 N–H and O–H groups in total. The lowest BCUT2D eigenvalue weighted by atomic mass is 10.2. The molecule has 1 aromatic carbocycles. The van der Waals surface area contributed by atoms with Crippen LogP contribution in [-0.2, 0) is 14.8 Å². The van der Waals surface area contributed by atoms with Gasteiger partial charge in [-0.3, -0.25) is 20.4 Å². The van der Waals surface area contributed by atoms with E-state index in [1.54, 1.807) is 12.1 Å². The van der Waals surface area contributed by atoms with Gasteiger partial charge in [0.25, 0.3) is 11.8 Å². The van der Waals surface area contributed by atoms with E-state index in [1.807, 2.05) is 6.92 Å². The Kier molecular flexibility index (Phi) is 5.85. The average Bonchev–Trinajstić information content (AvgIpc) is 2.60. The minimum atomic E-state index is -3.83. The van der Waals surface area contributed by atoms with Crippen LogP contribution in [0.3, 0.4) is 0 Å². The highest BCUT2D eigenvalue weighted by Crippen LogP contribution is 2.14. The van der Waals surface area contributed by atoms with Crippen LogP contribution in [0.5, 0.6) is 0 Å². The van der Waals surface area contributed by atoms with E-state index in [0.29, 0.717) is 0 Å². The third-order valence-electron chi connectivity index (χ3n) is 3.35. The molecule has 2 aromatic rings. The van der Waals surface area contributed by atoms with Gasteiger partial charge >= 0.3 is 0 Å². The molecule has 1 aromatic heterocycles. The van der Waals surface area contributed by atoms with Crippen LogP contribution in [0.2, 0.25) is 0 Å². The summed E-state index contributed by atoms with van der Waals surface area (Å²) in [4.78, 5) is 31.3. The molecular weight excluding hydrogens is 360 g/mol. The zero-order valence-electron chi connectivity index (χ0n) is 14.1. The first-order valence-corrected chi connectivity index (χ1v) is 8.84. The number of hydrogen-bond donors (Lipinski definition) is 3. The topological polar surface area (TPSA) is 147 Å². The summed E-state index contributed by atoms with van der Waals surface area (Å²) in [5, 5.41) is 0. The molecule has 11 heteroatoms. The summed E-state index contributed by atoms with van der Waals surface area (Å²) in [6.07, 6.45) is 2.59. The van der Waals surface area contributed by atoms with Gasteiger partial charge in [0.2, 0.25) is 10.0 Å². The van der Waals surface area contributed by atoms with Crippen molar-refractivity contribution in [2.24, 2.45) is 0 Å². The van der Waals surface area contributed by atoms with Crippen LogP contribution in [0.1, 0.15) is 16.1 Å². The second-order valence-corrected chi connectivity index (χ2v) is 7.41. The normalized spacial score (nSPS) is 11.2. The molecule has 0 radical (unpaired) electrons. The summed E-state index contributed by atoms with van der Waals surface area (Å²) in [6.45, 7) is 1.34. The monoisotopic (exact) mass is 378 g/mol. The number of nitrogen functional groups attached to an aromatic ring is 1. The first-order valence-electron chi connectivity index (χ1n) is 7.40. The molecule has 10 nitrogen and oxygen atoms in total. The second-order valence-electron chi connectivity index (χ2n) is 5.37. The SMILES string of the molecule is Cc1ccc(S(=O)(=O)N(C)CC(=O)NNC(=O)c2nccnc2N)cc1. The molecule has 2 amide bonds. The predicted octanol–water partition coefficient (Wildman–Crippen LogP) is -0.551. The van der Waals surface area contributed by atoms with E-state index in [4.69, 9.17) is 5.73 Å². The first-order chi connectivity index (χ1) is 12.2. The van der Waals surface area contributed by atoms with Gasteiger partial charge in [0, 0.05) is 19.4 Å². The third-order valence-corrected chi connectivity index (χ3v) is 5.17. The molecule has 0 saturated carbocycles. The maximum absolute atomic E-state index is 12.4. The minimum Gasteiger partial charge on any atom is -0.382 e. The van der Waals surface area contributed by atoms with Gasteiger partial charge < -0.3 is 5.73 Å². The number of aryl methyl sites for hydroxylation is 1. The number of hydrogen-bond acceptors (Lipinski definition) is 7. The lowest BCUT2D eigenvalue weighted by Gasteiger charge is -2.17. The van der Waals surface area contributed by atoms with E-state index >= 15 is 0 Å². The molecule has 0 saturated heterocycles. The van der Waals surface area contributed by atoms with Crippen molar-refractivity contribution < 1.29 is 18.0 Å². The van der Waals surface area contributed by atoms with Crippen molar-refractivity contribution in [3.05, 3.63) is 47.9 Å². The number of carbonyl (C=O) groups is 2. The molecule has 0 spiro atoms. The fraction of sp³-hybridized carbons (Fsp3) is 0.200. The van der Waals surface area contributed by atoms with E-state index in [9.17, 15) is 18.0 Å². The fourth-order valence-electron chi connectivity index (χ4n) is 1.93. The second kappa shape index (κ2) is 7.89. The summed E-state index contributed by atoms with van der Waals surface area (Å²) >= 11 is 0. The number of nitrogens with two attached hydrogens (primary N) is 1. The van der Waals surface area contributed by atoms with E-state index in [2.05, 4.69) is 20.8 Å². The van der Waals surface area contributed by atoms with Gasteiger partial charge in [-0.25, -0.2) is 18.4 Å². The summed E-state index contributed by atoms with van der Waals surface area (Å²) in [6, 6.07) is 6.23. The van der Waals surface area contributed by atoms with Gasteiger partial charge in [-0.1, -0.05) is 17.7 Å². The van der Waals surface area contributed by atoms with E-state index in [1.165, 1.54) is 31.6 Å². The third kappa shape index (κ3) is 4.52. The molecule has 0 atom stereocenters. The van der Waals surface area contributed by atoms with E-state index in [0.717, 1.165) is 9.87 Å². The molecule has 1 heterocycles. The smallest absolute Gasteiger partial charge is 0.292 e. The highest BCUT2D eigenvalue weighted by atomic mass is 32.2. The molecule has 0 unspecified atom stereocenters. The van der Waals surface area contributed by atoms with Crippen LogP contribution in [0.15, 0.2) is 41.6 Å². The number of nitrogens with zero attached hydrogens (tertiary/aromatic N) is 3. The van der Waals surface area contributed by atoms with Crippen molar-refractivity contribution in [1.82, 2.24) is 25.1 Å². The van der Waals surface area contributed by atoms with Crippen molar-refractivity contribution in [3.8, 4) is 0 Å². The number of aromatic nitrogens is 2. The largest absolute Gasteiger partial charge is 0.382 e. The average molecular weight is 378 g/mol. The molecule has 26 heavy (non-hydrogen) atoms. The van der Waals surface area contributed by atoms with E-state index in [-0.39, 0.29) is 16.4 Å². The zero-order chi connectivity index (χ0) is 19.3. The number of nitrogens with one attached hydrogen (secondary N) is 2. The summed E-state index contributed by atoms with van der Waals surface area (Å²) in [7, 11) is -2.57. The van der Waals surface area contributed by atoms with Crippen molar-refractivity contribution in [1.29, 1.82) is 0 Å². The molecule has 0 bridgehead atoms. The maximum atomic E-state index is 12.4. The van der Waals surface area contributed by atoms with Gasteiger partial charge in [0.15, 0.2) is 11.5 Å². The fourth-order valence-corrected chi connectivity index (χ4v) is 3.05. The number of hydrazine groups is 1. The van der Waals surface area contributed by atoms with Crippen LogP contribution in [-0.4, -0.2) is 48.1 Å². The molecule has 2 rings (SSSR count). The molecule has 0 aliphatic rings. The van der Waals surface area contributed by atoms with Gasteiger partial charge in [0.1, 0.15) is 0 Å². The Labute approximate surface area is 150 Å². The molecular formula is C15H18N6O4S.